The lowest BCUT2D eigenvalue weighted by molar-refractivity contribution is -0.125. The number of hydrogen-bond donors (Lipinski definition) is 1. The molecule has 1 amide bonds. The van der Waals surface area contributed by atoms with Gasteiger partial charge in [-0.25, -0.2) is 4.98 Å². The first kappa shape index (κ1) is 31.6. The Bertz CT molecular complexity index is 1120. The number of carbonyl (C=O) groups excluding carboxylic acids is 1. The molecule has 1 aromatic rings. The van der Waals surface area contributed by atoms with E-state index in [1.165, 1.54) is 43.4 Å². The first-order chi connectivity index (χ1) is 19.8. The maximum absolute atomic E-state index is 13.0. The summed E-state index contributed by atoms with van der Waals surface area (Å²) in [5.74, 6) is 0.0685. The highest BCUT2D eigenvalue weighted by Crippen LogP contribution is 2.35. The second-order valence-electron chi connectivity index (χ2n) is 11.8. The number of ether oxygens (including phenoxy) is 2. The average molecular weight is 584 g/mol. The van der Waals surface area contributed by atoms with Crippen molar-refractivity contribution < 1.29 is 14.3 Å². The number of aromatic nitrogens is 1. The van der Waals surface area contributed by atoms with E-state index in [0.717, 1.165) is 47.5 Å². The smallest absolute Gasteiger partial charge is 0.229 e. The molecule has 0 aromatic carbocycles. The standard InChI is InChI=1S/C32H49N5O3S/c1-7-14-37(23(4)20-39-6)26-16-24(17-26)31(38)35-32-34-28(8-2)29(41-32)15-22(3)25-18-33-30(36(5)19-25)21-40-27-12-10-9-11-13-27/h8,15,18-19,23-24,26-27,30H,2,7,9-14,16-17,20-21H2,1,3-6H3,(H,34,35,38)/b22-15+. The molecule has 0 spiro atoms. The zero-order valence-corrected chi connectivity index (χ0v) is 26.4. The lowest BCUT2D eigenvalue weighted by Gasteiger charge is -2.44. The van der Waals surface area contributed by atoms with Crippen molar-refractivity contribution in [3.05, 3.63) is 34.5 Å². The lowest BCUT2D eigenvalue weighted by Crippen LogP contribution is -2.52. The number of nitrogens with zero attached hydrogens (tertiary/aromatic N) is 4. The van der Waals surface area contributed by atoms with Crippen LogP contribution in [0.5, 0.6) is 0 Å². The van der Waals surface area contributed by atoms with Gasteiger partial charge in [0.2, 0.25) is 5.91 Å². The van der Waals surface area contributed by atoms with Crippen LogP contribution < -0.4 is 5.32 Å². The number of aliphatic imine (C=N–C) groups is 1. The van der Waals surface area contributed by atoms with E-state index in [1.54, 1.807) is 13.2 Å². The molecular formula is C32H49N5O3S. The molecule has 0 radical (unpaired) electrons. The maximum atomic E-state index is 13.0. The largest absolute Gasteiger partial charge is 0.383 e. The van der Waals surface area contributed by atoms with E-state index in [9.17, 15) is 4.79 Å². The van der Waals surface area contributed by atoms with Gasteiger partial charge in [0.25, 0.3) is 0 Å². The first-order valence-corrected chi connectivity index (χ1v) is 16.1. The fourth-order valence-electron chi connectivity index (χ4n) is 5.99. The number of allylic oxidation sites excluding steroid dienone is 2. The lowest BCUT2D eigenvalue weighted by atomic mass is 9.78. The zero-order chi connectivity index (χ0) is 29.4. The van der Waals surface area contributed by atoms with Crippen LogP contribution in [-0.4, -0.2) is 85.2 Å². The molecule has 3 aliphatic rings. The normalized spacial score (nSPS) is 24.2. The van der Waals surface area contributed by atoms with Crippen molar-refractivity contribution in [2.45, 2.75) is 96.5 Å². The number of hydrogen-bond acceptors (Lipinski definition) is 8. The molecular weight excluding hydrogens is 534 g/mol. The number of likely N-dealkylation sites (N-methyl/N-ethyl adjacent to an activating group) is 1. The fraction of sp³-hybridized carbons (Fsp3) is 0.656. The summed E-state index contributed by atoms with van der Waals surface area (Å²) in [5.41, 5.74) is 2.91. The van der Waals surface area contributed by atoms with Crippen molar-refractivity contribution >= 4 is 40.7 Å². The highest BCUT2D eigenvalue weighted by molar-refractivity contribution is 7.16. The maximum Gasteiger partial charge on any atom is 0.229 e. The molecule has 2 aliphatic carbocycles. The Labute approximate surface area is 250 Å². The Morgan fingerprint density at radius 2 is 2.07 bits per heavy atom. The molecule has 9 heteroatoms. The molecule has 2 fully saturated rings. The number of thiazole rings is 1. The summed E-state index contributed by atoms with van der Waals surface area (Å²) in [4.78, 5) is 28.1. The molecule has 1 N–H and O–H groups in total. The van der Waals surface area contributed by atoms with Gasteiger partial charge >= 0.3 is 0 Å². The topological polar surface area (TPSA) is 79.3 Å². The van der Waals surface area contributed by atoms with Crippen molar-refractivity contribution in [2.24, 2.45) is 10.9 Å². The van der Waals surface area contributed by atoms with Crippen LogP contribution in [0.15, 0.2) is 28.9 Å². The number of carbonyl (C=O) groups is 1. The summed E-state index contributed by atoms with van der Waals surface area (Å²) in [5, 5.41) is 3.70. The SMILES string of the molecule is C=Cc1nc(NC(=O)C2CC(N(CCC)C(C)COC)C2)sc1/C=C(\C)C1=CN(C)C(COC2CCCCC2)N=C1. The molecule has 4 rings (SSSR count). The van der Waals surface area contributed by atoms with Crippen LogP contribution in [0.3, 0.4) is 0 Å². The fourth-order valence-corrected chi connectivity index (χ4v) is 6.97. The summed E-state index contributed by atoms with van der Waals surface area (Å²) < 4.78 is 11.5. The van der Waals surface area contributed by atoms with Gasteiger partial charge in [-0.15, -0.1) is 0 Å². The van der Waals surface area contributed by atoms with Crippen molar-refractivity contribution in [3.8, 4) is 0 Å². The van der Waals surface area contributed by atoms with E-state index < -0.39 is 0 Å². The minimum absolute atomic E-state index is 0.00535. The third kappa shape index (κ3) is 8.37. The highest BCUT2D eigenvalue weighted by Gasteiger charge is 2.39. The Balaban J connectivity index is 1.32. The van der Waals surface area contributed by atoms with Crippen molar-refractivity contribution in [2.75, 3.05) is 39.2 Å². The van der Waals surface area contributed by atoms with Gasteiger partial charge in [0, 0.05) is 50.1 Å². The molecule has 8 nitrogen and oxygen atoms in total. The minimum atomic E-state index is 0.00535. The summed E-state index contributed by atoms with van der Waals surface area (Å²) in [6, 6.07) is 0.782. The molecule has 2 unspecified atom stereocenters. The Morgan fingerprint density at radius 3 is 2.73 bits per heavy atom. The van der Waals surface area contributed by atoms with Crippen molar-refractivity contribution in [3.63, 3.8) is 0 Å². The molecule has 0 bridgehead atoms. The molecule has 2 atom stereocenters. The quantitative estimate of drug-likeness (QED) is 0.280. The van der Waals surface area contributed by atoms with E-state index in [0.29, 0.717) is 36.5 Å². The number of rotatable bonds is 14. The Kier molecular flexibility index (Phi) is 11.7. The van der Waals surface area contributed by atoms with Gasteiger partial charge in [0.15, 0.2) is 5.13 Å². The van der Waals surface area contributed by atoms with Crippen LogP contribution in [-0.2, 0) is 14.3 Å². The predicted octanol–water partition coefficient (Wildman–Crippen LogP) is 6.23. The first-order valence-electron chi connectivity index (χ1n) is 15.3. The summed E-state index contributed by atoms with van der Waals surface area (Å²) in [6.45, 7) is 12.8. The number of nitrogens with one attached hydrogen (secondary N) is 1. The van der Waals surface area contributed by atoms with Crippen LogP contribution in [0.1, 0.15) is 82.7 Å². The number of methoxy groups -OCH3 is 1. The monoisotopic (exact) mass is 583 g/mol. The van der Waals surface area contributed by atoms with Gasteiger partial charge in [-0.05, 0) is 70.2 Å². The van der Waals surface area contributed by atoms with E-state index in [2.05, 4.69) is 66.8 Å². The molecule has 1 aromatic heterocycles. The molecule has 2 saturated carbocycles. The van der Waals surface area contributed by atoms with E-state index in [1.807, 2.05) is 6.21 Å². The molecule has 226 valence electrons. The molecule has 1 aliphatic heterocycles. The summed E-state index contributed by atoms with van der Waals surface area (Å²) in [6.07, 6.45) is 17.4. The van der Waals surface area contributed by atoms with Gasteiger partial charge < -0.3 is 19.7 Å². The Hall–Kier alpha value is -2.33. The van der Waals surface area contributed by atoms with Crippen molar-refractivity contribution in [1.82, 2.24) is 14.8 Å². The van der Waals surface area contributed by atoms with E-state index >= 15 is 0 Å². The zero-order valence-electron chi connectivity index (χ0n) is 25.6. The van der Waals surface area contributed by atoms with E-state index in [4.69, 9.17) is 14.5 Å². The van der Waals surface area contributed by atoms with Gasteiger partial charge in [-0.2, -0.15) is 0 Å². The molecule has 2 heterocycles. The molecule has 41 heavy (non-hydrogen) atoms. The van der Waals surface area contributed by atoms with Crippen LogP contribution in [0.2, 0.25) is 0 Å². The summed E-state index contributed by atoms with van der Waals surface area (Å²) in [7, 11) is 3.80. The van der Waals surface area contributed by atoms with Crippen LogP contribution in [0.25, 0.3) is 12.2 Å². The van der Waals surface area contributed by atoms with Gasteiger partial charge in [-0.3, -0.25) is 14.7 Å². The average Bonchev–Trinajstić information content (AvgIpc) is 3.32. The second-order valence-corrected chi connectivity index (χ2v) is 12.8. The van der Waals surface area contributed by atoms with Crippen LogP contribution in [0.4, 0.5) is 5.13 Å². The predicted molar refractivity (Wildman–Crippen MR) is 170 cm³/mol. The van der Waals surface area contributed by atoms with E-state index in [-0.39, 0.29) is 18.0 Å². The number of anilines is 1. The Morgan fingerprint density at radius 1 is 1.32 bits per heavy atom. The summed E-state index contributed by atoms with van der Waals surface area (Å²) >= 11 is 1.49. The highest BCUT2D eigenvalue weighted by atomic mass is 32.1. The number of amides is 1. The third-order valence-corrected chi connectivity index (χ3v) is 9.48. The van der Waals surface area contributed by atoms with Gasteiger partial charge in [-0.1, -0.05) is 44.1 Å². The second kappa shape index (κ2) is 15.2. The minimum Gasteiger partial charge on any atom is -0.383 e. The third-order valence-electron chi connectivity index (χ3n) is 8.55. The molecule has 0 saturated heterocycles. The van der Waals surface area contributed by atoms with Crippen LogP contribution >= 0.6 is 11.3 Å². The van der Waals surface area contributed by atoms with Crippen molar-refractivity contribution in [1.29, 1.82) is 0 Å². The van der Waals surface area contributed by atoms with Gasteiger partial charge in [0.1, 0.15) is 6.17 Å². The van der Waals surface area contributed by atoms with Crippen LogP contribution in [0, 0.1) is 5.92 Å². The van der Waals surface area contributed by atoms with Gasteiger partial charge in [0.05, 0.1) is 29.9 Å².